The maximum atomic E-state index is 13.3. The smallest absolute Gasteiger partial charge is 0.248 e. The summed E-state index contributed by atoms with van der Waals surface area (Å²) >= 11 is 0. The minimum atomic E-state index is -2.54. The molecule has 0 spiro atoms. The minimum absolute atomic E-state index is 0.118. The number of hydrogen-bond donors (Lipinski definition) is 1. The van der Waals surface area contributed by atoms with Crippen LogP contribution in [0.25, 0.3) is 0 Å². The lowest BCUT2D eigenvalue weighted by Crippen LogP contribution is -2.43. The van der Waals surface area contributed by atoms with Crippen LogP contribution in [0.15, 0.2) is 18.2 Å². The summed E-state index contributed by atoms with van der Waals surface area (Å²) in [6, 6.07) is 5.90. The fraction of sp³-hybridized carbons (Fsp3) is 0.600. The molecule has 2 nitrogen and oxygen atoms in total. The van der Waals surface area contributed by atoms with Crippen LogP contribution in [0.5, 0.6) is 5.75 Å². The highest BCUT2D eigenvalue weighted by Crippen LogP contribution is 2.43. The van der Waals surface area contributed by atoms with Gasteiger partial charge in [0.2, 0.25) is 5.92 Å². The monoisotopic (exact) mass is 267 g/mol. The Hall–Kier alpha value is -1.16. The standard InChI is InChI=1S/C15H19F2NO/c1-10-8-11-9-12(2-3-13(11)19-10)14(18)4-6-15(16,17)7-5-14/h2-3,9-10H,4-8,18H2,1H3. The van der Waals surface area contributed by atoms with E-state index in [0.29, 0.717) is 12.8 Å². The maximum Gasteiger partial charge on any atom is 0.248 e. The van der Waals surface area contributed by atoms with E-state index in [0.717, 1.165) is 23.3 Å². The largest absolute Gasteiger partial charge is 0.490 e. The zero-order valence-electron chi connectivity index (χ0n) is 11.1. The number of fused-ring (bicyclic) bond motifs is 1. The van der Waals surface area contributed by atoms with Gasteiger partial charge in [0.1, 0.15) is 11.9 Å². The molecule has 1 heterocycles. The van der Waals surface area contributed by atoms with Crippen LogP contribution in [0, 0.1) is 0 Å². The Balaban J connectivity index is 1.85. The summed E-state index contributed by atoms with van der Waals surface area (Å²) in [6.07, 6.45) is 1.51. The lowest BCUT2D eigenvalue weighted by Gasteiger charge is -2.37. The highest BCUT2D eigenvalue weighted by atomic mass is 19.3. The Kier molecular flexibility index (Phi) is 2.82. The summed E-state index contributed by atoms with van der Waals surface area (Å²) in [5.41, 5.74) is 7.86. The van der Waals surface area contributed by atoms with Gasteiger partial charge in [-0.1, -0.05) is 12.1 Å². The molecule has 0 bridgehead atoms. The van der Waals surface area contributed by atoms with Crippen molar-refractivity contribution in [3.63, 3.8) is 0 Å². The van der Waals surface area contributed by atoms with Crippen molar-refractivity contribution in [2.75, 3.05) is 0 Å². The van der Waals surface area contributed by atoms with Gasteiger partial charge in [-0.15, -0.1) is 0 Å². The molecule has 0 radical (unpaired) electrons. The van der Waals surface area contributed by atoms with E-state index in [9.17, 15) is 8.78 Å². The van der Waals surface area contributed by atoms with E-state index in [1.807, 2.05) is 25.1 Å². The third-order valence-corrected chi connectivity index (χ3v) is 4.34. The normalized spacial score (nSPS) is 27.7. The fourth-order valence-corrected chi connectivity index (χ4v) is 3.08. The molecule has 19 heavy (non-hydrogen) atoms. The van der Waals surface area contributed by atoms with E-state index in [4.69, 9.17) is 10.5 Å². The summed E-state index contributed by atoms with van der Waals surface area (Å²) in [4.78, 5) is 0. The third kappa shape index (κ3) is 2.34. The Bertz CT molecular complexity index is 491. The molecule has 3 rings (SSSR count). The number of hydrogen-bond acceptors (Lipinski definition) is 2. The van der Waals surface area contributed by atoms with Gasteiger partial charge in [-0.05, 0) is 37.0 Å². The van der Waals surface area contributed by atoms with E-state index >= 15 is 0 Å². The molecule has 1 aromatic rings. The number of halogens is 2. The molecule has 1 unspecified atom stereocenters. The molecule has 1 aliphatic heterocycles. The molecule has 1 saturated carbocycles. The summed E-state index contributed by atoms with van der Waals surface area (Å²) in [7, 11) is 0. The van der Waals surface area contributed by atoms with Crippen LogP contribution in [0.2, 0.25) is 0 Å². The molecule has 4 heteroatoms. The van der Waals surface area contributed by atoms with E-state index < -0.39 is 11.5 Å². The molecule has 1 aromatic carbocycles. The van der Waals surface area contributed by atoms with Crippen molar-refractivity contribution in [3.05, 3.63) is 29.3 Å². The van der Waals surface area contributed by atoms with E-state index in [-0.39, 0.29) is 18.9 Å². The predicted octanol–water partition coefficient (Wildman–Crippen LogP) is 3.37. The summed E-state index contributed by atoms with van der Waals surface area (Å²) in [5, 5.41) is 0. The van der Waals surface area contributed by atoms with E-state index in [1.165, 1.54) is 0 Å². The van der Waals surface area contributed by atoms with Gasteiger partial charge in [-0.25, -0.2) is 8.78 Å². The van der Waals surface area contributed by atoms with Crippen molar-refractivity contribution < 1.29 is 13.5 Å². The topological polar surface area (TPSA) is 35.2 Å². The Labute approximate surface area is 111 Å². The first-order valence-corrected chi connectivity index (χ1v) is 6.85. The average Bonchev–Trinajstić information content (AvgIpc) is 2.72. The second-order valence-electron chi connectivity index (χ2n) is 5.97. The molecule has 1 atom stereocenters. The number of nitrogens with two attached hydrogens (primary N) is 1. The van der Waals surface area contributed by atoms with E-state index in [2.05, 4.69) is 0 Å². The van der Waals surface area contributed by atoms with Crippen molar-refractivity contribution in [2.45, 2.75) is 56.6 Å². The Morgan fingerprint density at radius 2 is 1.89 bits per heavy atom. The number of alkyl halides is 2. The van der Waals surface area contributed by atoms with Crippen LogP contribution in [0.4, 0.5) is 8.78 Å². The van der Waals surface area contributed by atoms with Crippen molar-refractivity contribution in [3.8, 4) is 5.75 Å². The fourth-order valence-electron chi connectivity index (χ4n) is 3.08. The van der Waals surface area contributed by atoms with Gasteiger partial charge >= 0.3 is 0 Å². The maximum absolute atomic E-state index is 13.3. The van der Waals surface area contributed by atoms with Crippen LogP contribution in [0.1, 0.15) is 43.7 Å². The van der Waals surface area contributed by atoms with Crippen molar-refractivity contribution in [2.24, 2.45) is 5.73 Å². The van der Waals surface area contributed by atoms with Crippen LogP contribution in [-0.4, -0.2) is 12.0 Å². The molecule has 2 N–H and O–H groups in total. The van der Waals surface area contributed by atoms with Crippen LogP contribution >= 0.6 is 0 Å². The van der Waals surface area contributed by atoms with Gasteiger partial charge < -0.3 is 10.5 Å². The zero-order chi connectivity index (χ0) is 13.7. The van der Waals surface area contributed by atoms with Crippen molar-refractivity contribution in [1.82, 2.24) is 0 Å². The van der Waals surface area contributed by atoms with Gasteiger partial charge in [-0.3, -0.25) is 0 Å². The van der Waals surface area contributed by atoms with Crippen molar-refractivity contribution in [1.29, 1.82) is 0 Å². The van der Waals surface area contributed by atoms with Gasteiger partial charge in [0, 0.05) is 24.8 Å². The Morgan fingerprint density at radius 1 is 1.21 bits per heavy atom. The lowest BCUT2D eigenvalue weighted by molar-refractivity contribution is -0.0514. The van der Waals surface area contributed by atoms with Gasteiger partial charge in [0.05, 0.1) is 0 Å². The summed E-state index contributed by atoms with van der Waals surface area (Å²) in [5.74, 6) is -1.64. The number of ether oxygens (including phenoxy) is 1. The van der Waals surface area contributed by atoms with E-state index in [1.54, 1.807) is 0 Å². The van der Waals surface area contributed by atoms with Crippen LogP contribution in [-0.2, 0) is 12.0 Å². The first-order valence-electron chi connectivity index (χ1n) is 6.85. The van der Waals surface area contributed by atoms with Gasteiger partial charge in [-0.2, -0.15) is 0 Å². The summed E-state index contributed by atoms with van der Waals surface area (Å²) < 4.78 is 32.2. The molecule has 1 aliphatic carbocycles. The zero-order valence-corrected chi connectivity index (χ0v) is 11.1. The Morgan fingerprint density at radius 3 is 2.58 bits per heavy atom. The highest BCUT2D eigenvalue weighted by Gasteiger charge is 2.42. The van der Waals surface area contributed by atoms with Crippen LogP contribution < -0.4 is 10.5 Å². The predicted molar refractivity (Wildman–Crippen MR) is 69.5 cm³/mol. The molecule has 1 fully saturated rings. The second-order valence-corrected chi connectivity index (χ2v) is 5.97. The molecule has 0 aromatic heterocycles. The molecule has 0 amide bonds. The lowest BCUT2D eigenvalue weighted by atomic mass is 9.75. The van der Waals surface area contributed by atoms with Crippen molar-refractivity contribution >= 4 is 0 Å². The van der Waals surface area contributed by atoms with Gasteiger partial charge in [0.25, 0.3) is 0 Å². The summed E-state index contributed by atoms with van der Waals surface area (Å²) in [6.45, 7) is 2.03. The third-order valence-electron chi connectivity index (χ3n) is 4.34. The number of benzene rings is 1. The molecular weight excluding hydrogens is 248 g/mol. The SMILES string of the molecule is CC1Cc2cc(C3(N)CCC(F)(F)CC3)ccc2O1. The first-order chi connectivity index (χ1) is 8.88. The first kappa shape index (κ1) is 12.9. The molecule has 104 valence electrons. The minimum Gasteiger partial charge on any atom is -0.490 e. The molecular formula is C15H19F2NO. The van der Waals surface area contributed by atoms with Crippen LogP contribution in [0.3, 0.4) is 0 Å². The highest BCUT2D eigenvalue weighted by molar-refractivity contribution is 5.43. The average molecular weight is 267 g/mol. The quantitative estimate of drug-likeness (QED) is 0.846. The molecule has 2 aliphatic rings. The second kappa shape index (κ2) is 4.17. The number of rotatable bonds is 1. The molecule has 0 saturated heterocycles. The van der Waals surface area contributed by atoms with Gasteiger partial charge in [0.15, 0.2) is 0 Å².